The van der Waals surface area contributed by atoms with Gasteiger partial charge in [0.1, 0.15) is 6.04 Å². The fraction of sp³-hybridized carbons (Fsp3) is 0.870. The lowest BCUT2D eigenvalue weighted by Gasteiger charge is -2.27. The predicted molar refractivity (Wildman–Crippen MR) is 114 cm³/mol. The molecule has 2 fully saturated rings. The van der Waals surface area contributed by atoms with E-state index >= 15 is 0 Å². The quantitative estimate of drug-likeness (QED) is 0.235. The summed E-state index contributed by atoms with van der Waals surface area (Å²) in [5, 5.41) is 0. The van der Waals surface area contributed by atoms with Crippen LogP contribution in [0.4, 0.5) is 0 Å². The van der Waals surface area contributed by atoms with Gasteiger partial charge in [0.25, 0.3) is 0 Å². The molecule has 2 amide bonds. The molecule has 7 heteroatoms. The van der Waals surface area contributed by atoms with E-state index in [4.69, 9.17) is 9.57 Å². The van der Waals surface area contributed by atoms with Gasteiger partial charge in [-0.05, 0) is 43.9 Å². The first-order valence-electron chi connectivity index (χ1n) is 11.7. The van der Waals surface area contributed by atoms with Gasteiger partial charge in [0.15, 0.2) is 0 Å². The van der Waals surface area contributed by atoms with Gasteiger partial charge in [-0.15, -0.1) is 0 Å². The molecule has 0 aromatic rings. The van der Waals surface area contributed by atoms with Crippen molar-refractivity contribution < 1.29 is 24.0 Å². The van der Waals surface area contributed by atoms with Crippen molar-refractivity contribution in [3.8, 4) is 0 Å². The number of unbranched alkanes of at least 4 members (excludes halogenated alkanes) is 3. The highest BCUT2D eigenvalue weighted by Gasteiger charge is 2.34. The van der Waals surface area contributed by atoms with Gasteiger partial charge in [0.05, 0.1) is 13.7 Å². The summed E-state index contributed by atoms with van der Waals surface area (Å²) in [6.45, 7) is 3.48. The van der Waals surface area contributed by atoms with E-state index in [1.165, 1.54) is 45.6 Å². The van der Waals surface area contributed by atoms with Crippen molar-refractivity contribution in [2.24, 2.45) is 5.41 Å². The Morgan fingerprint density at radius 2 is 1.63 bits per heavy atom. The van der Waals surface area contributed by atoms with E-state index < -0.39 is 6.04 Å². The molecule has 30 heavy (non-hydrogen) atoms. The topological polar surface area (TPSA) is 84.9 Å². The van der Waals surface area contributed by atoms with E-state index in [0.29, 0.717) is 32.4 Å². The summed E-state index contributed by atoms with van der Waals surface area (Å²) in [4.78, 5) is 43.2. The molecule has 2 rings (SSSR count). The Morgan fingerprint density at radius 3 is 2.30 bits per heavy atom. The normalized spacial score (nSPS) is 21.1. The second-order valence-corrected chi connectivity index (χ2v) is 9.22. The lowest BCUT2D eigenvalue weighted by Crippen LogP contribution is -2.40. The molecular formula is C23H40N2O5. The van der Waals surface area contributed by atoms with Crippen LogP contribution in [0.15, 0.2) is 0 Å². The van der Waals surface area contributed by atoms with Crippen LogP contribution in [0, 0.1) is 5.41 Å². The largest absolute Gasteiger partial charge is 0.467 e. The van der Waals surface area contributed by atoms with Crippen molar-refractivity contribution in [3.05, 3.63) is 0 Å². The molecule has 1 N–H and O–H groups in total. The zero-order chi connectivity index (χ0) is 21.8. The van der Waals surface area contributed by atoms with E-state index in [9.17, 15) is 14.4 Å². The molecule has 0 radical (unpaired) electrons. The molecule has 1 aliphatic carbocycles. The van der Waals surface area contributed by atoms with Gasteiger partial charge in [-0.2, -0.15) is 0 Å². The minimum Gasteiger partial charge on any atom is -0.467 e. The van der Waals surface area contributed by atoms with Crippen LogP contribution < -0.4 is 5.48 Å². The van der Waals surface area contributed by atoms with Crippen LogP contribution in [0.2, 0.25) is 0 Å². The lowest BCUT2D eigenvalue weighted by molar-refractivity contribution is -0.151. The molecule has 2 aliphatic rings. The highest BCUT2D eigenvalue weighted by molar-refractivity contribution is 5.85. The van der Waals surface area contributed by atoms with E-state index in [-0.39, 0.29) is 23.2 Å². The Bertz CT molecular complexity index is 558. The Kier molecular flexibility index (Phi) is 10.6. The van der Waals surface area contributed by atoms with Crippen molar-refractivity contribution >= 4 is 17.8 Å². The first-order chi connectivity index (χ1) is 14.4. The summed E-state index contributed by atoms with van der Waals surface area (Å²) in [5.41, 5.74) is 2.78. The number of likely N-dealkylation sites (tertiary alicyclic amines) is 1. The number of rotatable bonds is 11. The van der Waals surface area contributed by atoms with Gasteiger partial charge in [-0.1, -0.05) is 45.4 Å². The van der Waals surface area contributed by atoms with Crippen LogP contribution >= 0.6 is 0 Å². The standard InChI is InChI=1S/C23H40N2O5/c1-23(15-9-5-6-10-16-23)18-30-24-20(26)13-7-3-4-8-14-21(27)25-17-11-12-19(25)22(28)29-2/h19H,3-18H2,1-2H3,(H,24,26). The number of hydrogen-bond acceptors (Lipinski definition) is 5. The minimum absolute atomic E-state index is 0.0288. The molecular weight excluding hydrogens is 384 g/mol. The monoisotopic (exact) mass is 424 g/mol. The van der Waals surface area contributed by atoms with E-state index in [2.05, 4.69) is 12.4 Å². The zero-order valence-corrected chi connectivity index (χ0v) is 18.9. The minimum atomic E-state index is -0.411. The van der Waals surface area contributed by atoms with Crippen molar-refractivity contribution in [2.45, 2.75) is 103 Å². The summed E-state index contributed by atoms with van der Waals surface area (Å²) in [5.74, 6) is -0.357. The second-order valence-electron chi connectivity index (χ2n) is 9.22. The van der Waals surface area contributed by atoms with Crippen molar-refractivity contribution in [1.29, 1.82) is 0 Å². The van der Waals surface area contributed by atoms with Gasteiger partial charge in [0.2, 0.25) is 11.8 Å². The predicted octanol–water partition coefficient (Wildman–Crippen LogP) is 3.90. The van der Waals surface area contributed by atoms with Crippen molar-refractivity contribution in [3.63, 3.8) is 0 Å². The Balaban J connectivity index is 1.50. The third-order valence-corrected chi connectivity index (χ3v) is 6.51. The summed E-state index contributed by atoms with van der Waals surface area (Å²) >= 11 is 0. The number of methoxy groups -OCH3 is 1. The fourth-order valence-corrected chi connectivity index (χ4v) is 4.57. The highest BCUT2D eigenvalue weighted by atomic mass is 16.7. The number of nitrogens with one attached hydrogen (secondary N) is 1. The van der Waals surface area contributed by atoms with Crippen molar-refractivity contribution in [1.82, 2.24) is 10.4 Å². The smallest absolute Gasteiger partial charge is 0.328 e. The molecule has 1 saturated heterocycles. The molecule has 1 saturated carbocycles. The third-order valence-electron chi connectivity index (χ3n) is 6.51. The van der Waals surface area contributed by atoms with Crippen LogP contribution in [-0.2, 0) is 24.0 Å². The first kappa shape index (κ1) is 24.6. The van der Waals surface area contributed by atoms with Crippen LogP contribution in [-0.4, -0.2) is 49.0 Å². The van der Waals surface area contributed by atoms with Gasteiger partial charge in [-0.25, -0.2) is 10.3 Å². The Labute approximate surface area is 181 Å². The summed E-state index contributed by atoms with van der Waals surface area (Å²) in [7, 11) is 1.36. The number of hydrogen-bond donors (Lipinski definition) is 1. The van der Waals surface area contributed by atoms with E-state index in [1.54, 1.807) is 4.90 Å². The zero-order valence-electron chi connectivity index (χ0n) is 18.9. The molecule has 1 unspecified atom stereocenters. The van der Waals surface area contributed by atoms with Crippen LogP contribution in [0.25, 0.3) is 0 Å². The first-order valence-corrected chi connectivity index (χ1v) is 11.7. The molecule has 1 aliphatic heterocycles. The summed E-state index contributed by atoms with van der Waals surface area (Å²) in [6, 6.07) is -0.411. The third kappa shape index (κ3) is 8.25. The Hall–Kier alpha value is -1.63. The Morgan fingerprint density at radius 1 is 0.967 bits per heavy atom. The van der Waals surface area contributed by atoms with E-state index in [0.717, 1.165) is 32.1 Å². The summed E-state index contributed by atoms with van der Waals surface area (Å²) in [6.07, 6.45) is 13.2. The number of carbonyl (C=O) groups excluding carboxylic acids is 3. The second kappa shape index (κ2) is 12.9. The van der Waals surface area contributed by atoms with E-state index in [1.807, 2.05) is 0 Å². The lowest BCUT2D eigenvalue weighted by atomic mass is 9.84. The highest BCUT2D eigenvalue weighted by Crippen LogP contribution is 2.34. The van der Waals surface area contributed by atoms with Crippen LogP contribution in [0.5, 0.6) is 0 Å². The van der Waals surface area contributed by atoms with Crippen LogP contribution in [0.3, 0.4) is 0 Å². The maximum Gasteiger partial charge on any atom is 0.328 e. The number of amides is 2. The van der Waals surface area contributed by atoms with Crippen LogP contribution in [0.1, 0.15) is 96.8 Å². The van der Waals surface area contributed by atoms with Gasteiger partial charge in [0, 0.05) is 19.4 Å². The number of nitrogens with zero attached hydrogens (tertiary/aromatic N) is 1. The average molecular weight is 425 g/mol. The maximum absolute atomic E-state index is 12.4. The SMILES string of the molecule is COC(=O)C1CCCN1C(=O)CCCCCCC(=O)NOCC1(C)CCCCCC1. The maximum atomic E-state index is 12.4. The fourth-order valence-electron chi connectivity index (χ4n) is 4.57. The average Bonchev–Trinajstić information content (AvgIpc) is 3.12. The molecule has 172 valence electrons. The number of hydroxylamine groups is 1. The molecule has 7 nitrogen and oxygen atoms in total. The van der Waals surface area contributed by atoms with Crippen molar-refractivity contribution in [2.75, 3.05) is 20.3 Å². The van der Waals surface area contributed by atoms with Gasteiger partial charge in [-0.3, -0.25) is 14.4 Å². The molecule has 1 heterocycles. The summed E-state index contributed by atoms with van der Waals surface area (Å²) < 4.78 is 4.79. The molecule has 1 atom stereocenters. The van der Waals surface area contributed by atoms with Gasteiger partial charge >= 0.3 is 5.97 Å². The van der Waals surface area contributed by atoms with Gasteiger partial charge < -0.3 is 9.64 Å². The molecule has 0 bridgehead atoms. The number of esters is 1. The molecule has 0 spiro atoms. The molecule has 0 aromatic carbocycles. The molecule has 0 aromatic heterocycles. The number of ether oxygens (including phenoxy) is 1. The number of carbonyl (C=O) groups is 3.